The normalized spacial score (nSPS) is 17.6. The number of hydrogen-bond donors (Lipinski definition) is 1. The van der Waals surface area contributed by atoms with Gasteiger partial charge >= 0.3 is 6.09 Å². The maximum Gasteiger partial charge on any atom is 0.415 e. The molecule has 0 bridgehead atoms. The molecule has 6 nitrogen and oxygen atoms in total. The molecule has 1 amide bonds. The largest absolute Gasteiger partial charge is 0.447 e. The number of carbonyl (C=O) groups is 1. The zero-order chi connectivity index (χ0) is 20.5. The molecule has 2 atom stereocenters. The number of benzene rings is 2. The Balaban J connectivity index is 1.60. The number of aryl methyl sites for hydroxylation is 1. The third kappa shape index (κ3) is 3.75. The Morgan fingerprint density at radius 3 is 2.66 bits per heavy atom. The SMILES string of the molecule is Cc1cnc(N[C@@H](C)c2ccc3ccccc3c2)nc1N1C(=O)OCC1C(C)C. The van der Waals surface area contributed by atoms with E-state index >= 15 is 0 Å². The quantitative estimate of drug-likeness (QED) is 0.657. The molecule has 0 radical (unpaired) electrons. The van der Waals surface area contributed by atoms with Gasteiger partial charge in [-0.2, -0.15) is 4.98 Å². The lowest BCUT2D eigenvalue weighted by Gasteiger charge is -2.25. The van der Waals surface area contributed by atoms with E-state index < -0.39 is 0 Å². The minimum Gasteiger partial charge on any atom is -0.447 e. The number of aromatic nitrogens is 2. The molecular weight excluding hydrogens is 364 g/mol. The van der Waals surface area contributed by atoms with Gasteiger partial charge < -0.3 is 10.1 Å². The van der Waals surface area contributed by atoms with Crippen molar-refractivity contribution in [2.75, 3.05) is 16.8 Å². The molecule has 0 saturated carbocycles. The number of fused-ring (bicyclic) bond motifs is 1. The Labute approximate surface area is 170 Å². The van der Waals surface area contributed by atoms with Gasteiger partial charge in [-0.3, -0.25) is 4.90 Å². The van der Waals surface area contributed by atoms with Crippen molar-refractivity contribution in [2.45, 2.75) is 39.8 Å². The Bertz CT molecular complexity index is 1050. The summed E-state index contributed by atoms with van der Waals surface area (Å²) < 4.78 is 5.29. The number of nitrogens with zero attached hydrogens (tertiary/aromatic N) is 3. The molecule has 6 heteroatoms. The molecule has 1 N–H and O–H groups in total. The van der Waals surface area contributed by atoms with Gasteiger partial charge in [0, 0.05) is 11.8 Å². The molecular formula is C23H26N4O2. The third-order valence-corrected chi connectivity index (χ3v) is 5.47. The van der Waals surface area contributed by atoms with Crippen molar-refractivity contribution in [2.24, 2.45) is 5.92 Å². The van der Waals surface area contributed by atoms with Crippen LogP contribution in [0.15, 0.2) is 48.7 Å². The van der Waals surface area contributed by atoms with Gasteiger partial charge in [0.05, 0.1) is 12.1 Å². The number of ether oxygens (including phenoxy) is 1. The molecule has 1 fully saturated rings. The first-order valence-corrected chi connectivity index (χ1v) is 9.99. The molecule has 0 spiro atoms. The Kier molecular flexibility index (Phi) is 5.09. The van der Waals surface area contributed by atoms with Crippen molar-refractivity contribution in [3.05, 3.63) is 59.8 Å². The summed E-state index contributed by atoms with van der Waals surface area (Å²) in [6.45, 7) is 8.54. The van der Waals surface area contributed by atoms with Gasteiger partial charge in [-0.05, 0) is 42.2 Å². The van der Waals surface area contributed by atoms with Crippen LogP contribution in [-0.2, 0) is 4.74 Å². The van der Waals surface area contributed by atoms with Crippen LogP contribution in [0.2, 0.25) is 0 Å². The maximum absolute atomic E-state index is 12.3. The standard InChI is InChI=1S/C23H26N4O2/c1-14(2)20-13-29-23(28)27(20)21-15(3)12-24-22(26-21)25-16(4)18-10-9-17-7-5-6-8-19(17)11-18/h5-12,14,16,20H,13H2,1-4H3,(H,24,25,26)/t16-,20?/m0/s1. The Morgan fingerprint density at radius 2 is 1.90 bits per heavy atom. The molecule has 2 heterocycles. The number of nitrogens with one attached hydrogen (secondary N) is 1. The molecule has 1 saturated heterocycles. The number of hydrogen-bond acceptors (Lipinski definition) is 5. The summed E-state index contributed by atoms with van der Waals surface area (Å²) in [7, 11) is 0. The second-order valence-corrected chi connectivity index (χ2v) is 7.93. The zero-order valence-corrected chi connectivity index (χ0v) is 17.2. The second kappa shape index (κ2) is 7.70. The van der Waals surface area contributed by atoms with E-state index in [0.29, 0.717) is 18.4 Å². The van der Waals surface area contributed by atoms with Gasteiger partial charge in [-0.25, -0.2) is 9.78 Å². The Hall–Kier alpha value is -3.15. The molecule has 1 aliphatic heterocycles. The first kappa shape index (κ1) is 19.2. The number of cyclic esters (lactones) is 1. The van der Waals surface area contributed by atoms with Gasteiger partial charge in [0.15, 0.2) is 0 Å². The summed E-state index contributed by atoms with van der Waals surface area (Å²) in [6, 6.07) is 14.7. The first-order chi connectivity index (χ1) is 13.9. The molecule has 4 rings (SSSR count). The monoisotopic (exact) mass is 390 g/mol. The molecule has 2 aromatic carbocycles. The fourth-order valence-electron chi connectivity index (χ4n) is 3.67. The summed E-state index contributed by atoms with van der Waals surface area (Å²) >= 11 is 0. The summed E-state index contributed by atoms with van der Waals surface area (Å²) in [6.07, 6.45) is 1.40. The van der Waals surface area contributed by atoms with Crippen LogP contribution >= 0.6 is 0 Å². The summed E-state index contributed by atoms with van der Waals surface area (Å²) in [5.41, 5.74) is 1.99. The van der Waals surface area contributed by atoms with Crippen LogP contribution in [0, 0.1) is 12.8 Å². The molecule has 1 aliphatic rings. The van der Waals surface area contributed by atoms with E-state index in [9.17, 15) is 4.79 Å². The predicted octanol–water partition coefficient (Wildman–Crippen LogP) is 5.09. The van der Waals surface area contributed by atoms with Gasteiger partial charge in [0.1, 0.15) is 12.4 Å². The van der Waals surface area contributed by atoms with Crippen molar-refractivity contribution < 1.29 is 9.53 Å². The first-order valence-electron chi connectivity index (χ1n) is 9.99. The van der Waals surface area contributed by atoms with Gasteiger partial charge in [-0.1, -0.05) is 50.2 Å². The number of amides is 1. The van der Waals surface area contributed by atoms with E-state index in [-0.39, 0.29) is 24.1 Å². The van der Waals surface area contributed by atoms with Crippen LogP contribution < -0.4 is 10.2 Å². The van der Waals surface area contributed by atoms with Crippen LogP contribution in [0.25, 0.3) is 10.8 Å². The second-order valence-electron chi connectivity index (χ2n) is 7.93. The van der Waals surface area contributed by atoms with Crippen LogP contribution in [0.3, 0.4) is 0 Å². The number of rotatable bonds is 5. The minimum atomic E-state index is -0.348. The molecule has 1 aromatic heterocycles. The highest BCUT2D eigenvalue weighted by atomic mass is 16.6. The lowest BCUT2D eigenvalue weighted by atomic mass is 10.0. The fourth-order valence-corrected chi connectivity index (χ4v) is 3.67. The van der Waals surface area contributed by atoms with Crippen LogP contribution in [0.4, 0.5) is 16.6 Å². The van der Waals surface area contributed by atoms with Crippen molar-refractivity contribution in [1.82, 2.24) is 9.97 Å². The average Bonchev–Trinajstić information content (AvgIpc) is 3.10. The van der Waals surface area contributed by atoms with Gasteiger partial charge in [-0.15, -0.1) is 0 Å². The van der Waals surface area contributed by atoms with Gasteiger partial charge in [0.2, 0.25) is 5.95 Å². The maximum atomic E-state index is 12.3. The highest BCUT2D eigenvalue weighted by molar-refractivity contribution is 5.90. The predicted molar refractivity (Wildman–Crippen MR) is 115 cm³/mol. The molecule has 150 valence electrons. The van der Waals surface area contributed by atoms with Crippen molar-refractivity contribution in [1.29, 1.82) is 0 Å². The fraction of sp³-hybridized carbons (Fsp3) is 0.348. The van der Waals surface area contributed by atoms with Crippen molar-refractivity contribution in [3.63, 3.8) is 0 Å². The summed E-state index contributed by atoms with van der Waals surface area (Å²) in [4.78, 5) is 23.1. The van der Waals surface area contributed by atoms with Crippen LogP contribution in [0.5, 0.6) is 0 Å². The highest BCUT2D eigenvalue weighted by Crippen LogP contribution is 2.29. The van der Waals surface area contributed by atoms with E-state index in [4.69, 9.17) is 4.74 Å². The van der Waals surface area contributed by atoms with Crippen LogP contribution in [0.1, 0.15) is 37.9 Å². The molecule has 0 aliphatic carbocycles. The van der Waals surface area contributed by atoms with Gasteiger partial charge in [0.25, 0.3) is 0 Å². The average molecular weight is 390 g/mol. The van der Waals surface area contributed by atoms with E-state index in [0.717, 1.165) is 11.1 Å². The summed E-state index contributed by atoms with van der Waals surface area (Å²) in [5.74, 6) is 1.37. The highest BCUT2D eigenvalue weighted by Gasteiger charge is 2.38. The number of carbonyl (C=O) groups excluding carboxylic acids is 1. The van der Waals surface area contributed by atoms with E-state index in [1.165, 1.54) is 10.8 Å². The molecule has 3 aromatic rings. The lowest BCUT2D eigenvalue weighted by molar-refractivity contribution is 0.177. The van der Waals surface area contributed by atoms with E-state index in [1.54, 1.807) is 11.1 Å². The number of anilines is 2. The Morgan fingerprint density at radius 1 is 1.14 bits per heavy atom. The van der Waals surface area contributed by atoms with Crippen molar-refractivity contribution >= 4 is 28.6 Å². The van der Waals surface area contributed by atoms with Crippen molar-refractivity contribution in [3.8, 4) is 0 Å². The summed E-state index contributed by atoms with van der Waals surface area (Å²) in [5, 5.41) is 5.78. The molecule has 29 heavy (non-hydrogen) atoms. The minimum absolute atomic E-state index is 0.0154. The lowest BCUT2D eigenvalue weighted by Crippen LogP contribution is -2.38. The van der Waals surface area contributed by atoms with E-state index in [2.05, 4.69) is 66.4 Å². The topological polar surface area (TPSA) is 67.4 Å². The smallest absolute Gasteiger partial charge is 0.415 e. The third-order valence-electron chi connectivity index (χ3n) is 5.47. The zero-order valence-electron chi connectivity index (χ0n) is 17.2. The molecule has 1 unspecified atom stereocenters. The van der Waals surface area contributed by atoms with E-state index in [1.807, 2.05) is 19.1 Å². The van der Waals surface area contributed by atoms with Crippen LogP contribution in [-0.4, -0.2) is 28.7 Å².